The molecule has 0 spiro atoms. The van der Waals surface area contributed by atoms with Crippen molar-refractivity contribution in [1.29, 1.82) is 5.26 Å². The number of thiazole rings is 1. The summed E-state index contributed by atoms with van der Waals surface area (Å²) in [7, 11) is 0. The standard InChI is InChI=1S/C15H11F2N3O2S/c1-2-22-14(21)10(6-18)7-19-15-20-13(8-23-15)9-3-4-11(16)12(17)5-9/h3-5,7-8H,2H2,1H3,(H,19,20)/b10-7+. The molecule has 1 aromatic heterocycles. The summed E-state index contributed by atoms with van der Waals surface area (Å²) in [5, 5.41) is 13.6. The van der Waals surface area contributed by atoms with Gasteiger partial charge in [-0.1, -0.05) is 0 Å². The van der Waals surface area contributed by atoms with E-state index in [0.29, 0.717) is 16.4 Å². The van der Waals surface area contributed by atoms with Crippen LogP contribution in [0.2, 0.25) is 0 Å². The zero-order valence-corrected chi connectivity index (χ0v) is 12.8. The fraction of sp³-hybridized carbons (Fsp3) is 0.133. The molecule has 2 rings (SSSR count). The monoisotopic (exact) mass is 335 g/mol. The van der Waals surface area contributed by atoms with Gasteiger partial charge in [-0.3, -0.25) is 0 Å². The summed E-state index contributed by atoms with van der Waals surface area (Å²) in [6, 6.07) is 5.19. The van der Waals surface area contributed by atoms with E-state index in [1.807, 2.05) is 0 Å². The van der Waals surface area contributed by atoms with Gasteiger partial charge in [0.15, 0.2) is 22.3 Å². The molecule has 0 atom stereocenters. The van der Waals surface area contributed by atoms with Crippen molar-refractivity contribution in [2.24, 2.45) is 0 Å². The third-order valence-electron chi connectivity index (χ3n) is 2.68. The Morgan fingerprint density at radius 2 is 2.26 bits per heavy atom. The first kappa shape index (κ1) is 16.6. The summed E-state index contributed by atoms with van der Waals surface area (Å²) in [6.45, 7) is 1.80. The van der Waals surface area contributed by atoms with Crippen molar-refractivity contribution < 1.29 is 18.3 Å². The molecule has 5 nitrogen and oxygen atoms in total. The van der Waals surface area contributed by atoms with E-state index in [2.05, 4.69) is 10.3 Å². The zero-order valence-electron chi connectivity index (χ0n) is 12.0. The smallest absolute Gasteiger partial charge is 0.350 e. The van der Waals surface area contributed by atoms with Crippen molar-refractivity contribution in [1.82, 2.24) is 4.98 Å². The average molecular weight is 335 g/mol. The van der Waals surface area contributed by atoms with Gasteiger partial charge >= 0.3 is 5.97 Å². The number of hydrogen-bond donors (Lipinski definition) is 1. The van der Waals surface area contributed by atoms with Crippen LogP contribution in [0.4, 0.5) is 13.9 Å². The van der Waals surface area contributed by atoms with Crippen LogP contribution in [0.15, 0.2) is 35.4 Å². The predicted molar refractivity (Wildman–Crippen MR) is 81.4 cm³/mol. The minimum Gasteiger partial charge on any atom is -0.462 e. The van der Waals surface area contributed by atoms with Gasteiger partial charge in [0.2, 0.25) is 0 Å². The number of anilines is 1. The maximum absolute atomic E-state index is 13.2. The third kappa shape index (κ3) is 4.11. The second kappa shape index (κ2) is 7.47. The summed E-state index contributed by atoms with van der Waals surface area (Å²) in [6.07, 6.45) is 1.19. The Kier molecular flexibility index (Phi) is 5.38. The summed E-state index contributed by atoms with van der Waals surface area (Å²) < 4.78 is 30.9. The lowest BCUT2D eigenvalue weighted by atomic mass is 10.2. The number of carbonyl (C=O) groups is 1. The van der Waals surface area contributed by atoms with E-state index in [4.69, 9.17) is 10.00 Å². The number of halogens is 2. The van der Waals surface area contributed by atoms with Crippen molar-refractivity contribution in [3.63, 3.8) is 0 Å². The van der Waals surface area contributed by atoms with E-state index < -0.39 is 17.6 Å². The van der Waals surface area contributed by atoms with Crippen LogP contribution < -0.4 is 5.32 Å². The van der Waals surface area contributed by atoms with Gasteiger partial charge in [0.25, 0.3) is 0 Å². The summed E-state index contributed by atoms with van der Waals surface area (Å²) in [5.74, 6) is -2.63. The lowest BCUT2D eigenvalue weighted by Crippen LogP contribution is -2.07. The van der Waals surface area contributed by atoms with Crippen LogP contribution >= 0.6 is 11.3 Å². The van der Waals surface area contributed by atoms with Crippen molar-refractivity contribution >= 4 is 22.4 Å². The van der Waals surface area contributed by atoms with Gasteiger partial charge in [-0.2, -0.15) is 5.26 Å². The highest BCUT2D eigenvalue weighted by molar-refractivity contribution is 7.14. The quantitative estimate of drug-likeness (QED) is 0.514. The molecule has 0 unspecified atom stereocenters. The highest BCUT2D eigenvalue weighted by atomic mass is 32.1. The first-order valence-corrected chi connectivity index (χ1v) is 7.38. The van der Waals surface area contributed by atoms with Gasteiger partial charge in [0, 0.05) is 17.1 Å². The van der Waals surface area contributed by atoms with Crippen LogP contribution in [0, 0.1) is 23.0 Å². The fourth-order valence-corrected chi connectivity index (χ4v) is 2.30. The van der Waals surface area contributed by atoms with Gasteiger partial charge in [0.1, 0.15) is 6.07 Å². The first-order chi connectivity index (χ1) is 11.0. The number of benzene rings is 1. The molecule has 2 aromatic rings. The van der Waals surface area contributed by atoms with Gasteiger partial charge in [-0.25, -0.2) is 18.6 Å². The fourth-order valence-electron chi connectivity index (χ4n) is 1.61. The highest BCUT2D eigenvalue weighted by Crippen LogP contribution is 2.26. The molecule has 0 saturated carbocycles. The number of nitriles is 1. The number of nitrogens with zero attached hydrogens (tertiary/aromatic N) is 2. The molecule has 0 aliphatic rings. The minimum absolute atomic E-state index is 0.162. The lowest BCUT2D eigenvalue weighted by Gasteiger charge is -2.00. The molecule has 8 heteroatoms. The number of hydrogen-bond acceptors (Lipinski definition) is 6. The normalized spacial score (nSPS) is 11.0. The first-order valence-electron chi connectivity index (χ1n) is 6.50. The number of nitrogens with one attached hydrogen (secondary N) is 1. The topological polar surface area (TPSA) is 75.0 Å². The highest BCUT2D eigenvalue weighted by Gasteiger charge is 2.11. The summed E-state index contributed by atoms with van der Waals surface area (Å²) in [4.78, 5) is 15.6. The molecule has 0 aliphatic heterocycles. The van der Waals surface area contributed by atoms with E-state index in [1.54, 1.807) is 18.4 Å². The van der Waals surface area contributed by atoms with Crippen LogP contribution in [0.5, 0.6) is 0 Å². The second-order valence-electron chi connectivity index (χ2n) is 4.20. The lowest BCUT2D eigenvalue weighted by molar-refractivity contribution is -0.138. The maximum atomic E-state index is 13.2. The van der Waals surface area contributed by atoms with E-state index in [0.717, 1.165) is 12.1 Å². The van der Waals surface area contributed by atoms with E-state index in [9.17, 15) is 13.6 Å². The maximum Gasteiger partial charge on any atom is 0.350 e. The van der Waals surface area contributed by atoms with E-state index in [-0.39, 0.29) is 12.2 Å². The van der Waals surface area contributed by atoms with Crippen LogP contribution in [-0.4, -0.2) is 17.6 Å². The molecule has 118 valence electrons. The van der Waals surface area contributed by atoms with Crippen LogP contribution in [0.25, 0.3) is 11.3 Å². The molecule has 0 bridgehead atoms. The van der Waals surface area contributed by atoms with Crippen molar-refractivity contribution in [2.45, 2.75) is 6.92 Å². The molecular formula is C15H11F2N3O2S. The Labute approximate surface area is 134 Å². The SMILES string of the molecule is CCOC(=O)/C(C#N)=C/Nc1nc(-c2ccc(F)c(F)c2)cs1. The Bertz CT molecular complexity index is 796. The predicted octanol–water partition coefficient (Wildman–Crippen LogP) is 3.47. The van der Waals surface area contributed by atoms with Crippen LogP contribution in [0.1, 0.15) is 6.92 Å². The van der Waals surface area contributed by atoms with Crippen LogP contribution in [-0.2, 0) is 9.53 Å². The molecule has 0 fully saturated rings. The van der Waals surface area contributed by atoms with Crippen molar-refractivity contribution in [3.8, 4) is 17.3 Å². The molecule has 0 aliphatic carbocycles. The Morgan fingerprint density at radius 3 is 2.91 bits per heavy atom. The second-order valence-corrected chi connectivity index (χ2v) is 5.06. The number of aromatic nitrogens is 1. The molecule has 1 aromatic carbocycles. The van der Waals surface area contributed by atoms with Crippen LogP contribution in [0.3, 0.4) is 0 Å². The van der Waals surface area contributed by atoms with Gasteiger partial charge in [0.05, 0.1) is 12.3 Å². The Balaban J connectivity index is 2.15. The van der Waals surface area contributed by atoms with Gasteiger partial charge in [-0.15, -0.1) is 11.3 Å². The average Bonchev–Trinajstić information content (AvgIpc) is 3.00. The summed E-state index contributed by atoms with van der Waals surface area (Å²) >= 11 is 1.19. The van der Waals surface area contributed by atoms with Crippen molar-refractivity contribution in [2.75, 3.05) is 11.9 Å². The molecular weight excluding hydrogens is 324 g/mol. The number of carbonyl (C=O) groups excluding carboxylic acids is 1. The van der Waals surface area contributed by atoms with Crippen molar-refractivity contribution in [3.05, 3.63) is 47.0 Å². The number of ether oxygens (including phenoxy) is 1. The van der Waals surface area contributed by atoms with Gasteiger partial charge in [-0.05, 0) is 25.1 Å². The van der Waals surface area contributed by atoms with E-state index in [1.165, 1.54) is 23.6 Å². The molecule has 0 radical (unpaired) electrons. The third-order valence-corrected chi connectivity index (χ3v) is 3.45. The molecule has 1 N–H and O–H groups in total. The number of rotatable bonds is 5. The van der Waals surface area contributed by atoms with E-state index >= 15 is 0 Å². The molecule has 0 amide bonds. The Morgan fingerprint density at radius 1 is 1.48 bits per heavy atom. The molecule has 1 heterocycles. The molecule has 0 saturated heterocycles. The largest absolute Gasteiger partial charge is 0.462 e. The summed E-state index contributed by atoms with van der Waals surface area (Å²) in [5.41, 5.74) is 0.666. The number of esters is 1. The minimum atomic E-state index is -0.959. The Hall–Kier alpha value is -2.79. The van der Waals surface area contributed by atoms with Gasteiger partial charge < -0.3 is 10.1 Å². The zero-order chi connectivity index (χ0) is 16.8. The molecule has 23 heavy (non-hydrogen) atoms.